The van der Waals surface area contributed by atoms with Gasteiger partial charge >= 0.3 is 5.97 Å². The molecule has 0 saturated heterocycles. The highest BCUT2D eigenvalue weighted by Gasteiger charge is 2.10. The number of hydrogen-bond acceptors (Lipinski definition) is 4. The summed E-state index contributed by atoms with van der Waals surface area (Å²) in [7, 11) is 3.57. The lowest BCUT2D eigenvalue weighted by Crippen LogP contribution is -2.21. The molecule has 0 aliphatic heterocycles. The molecule has 0 aliphatic carbocycles. The zero-order chi connectivity index (χ0) is 12.1. The molecule has 0 amide bonds. The Bertz CT molecular complexity index is 417. The normalized spacial score (nSPS) is 11.2. The number of aliphatic carboxylic acids is 1. The zero-order valence-corrected chi connectivity index (χ0v) is 9.14. The number of carbonyl (C=O) groups excluding carboxylic acids is 1. The van der Waals surface area contributed by atoms with Gasteiger partial charge in [0.1, 0.15) is 5.76 Å². The van der Waals surface area contributed by atoms with Crippen molar-refractivity contribution in [3.63, 3.8) is 0 Å². The van der Waals surface area contributed by atoms with E-state index in [2.05, 4.69) is 0 Å². The smallest absolute Gasteiger partial charge is 0.328 e. The lowest BCUT2D eigenvalue weighted by molar-refractivity contribution is -0.131. The average Bonchev–Trinajstić information content (AvgIpc) is 2.61. The molecule has 86 valence electrons. The van der Waals surface area contributed by atoms with Gasteiger partial charge in [0, 0.05) is 6.08 Å². The number of carbonyl (C=O) groups is 2. The van der Waals surface area contributed by atoms with Gasteiger partial charge < -0.3 is 14.4 Å². The molecule has 0 bridgehead atoms. The van der Waals surface area contributed by atoms with E-state index >= 15 is 0 Å². The summed E-state index contributed by atoms with van der Waals surface area (Å²) in [6.45, 7) is 0.260. The van der Waals surface area contributed by atoms with Crippen molar-refractivity contribution in [3.8, 4) is 0 Å². The van der Waals surface area contributed by atoms with Gasteiger partial charge in [0.25, 0.3) is 0 Å². The summed E-state index contributed by atoms with van der Waals surface area (Å²) in [6, 6.07) is 3.09. The van der Waals surface area contributed by atoms with E-state index in [-0.39, 0.29) is 18.1 Å². The van der Waals surface area contributed by atoms with E-state index in [1.165, 1.54) is 12.1 Å². The highest BCUT2D eigenvalue weighted by molar-refractivity contribution is 5.95. The molecule has 0 saturated carbocycles. The van der Waals surface area contributed by atoms with Crippen LogP contribution in [0.4, 0.5) is 0 Å². The minimum atomic E-state index is -1.06. The summed E-state index contributed by atoms with van der Waals surface area (Å²) in [6.07, 6.45) is 2.26. The fourth-order valence-corrected chi connectivity index (χ4v) is 1.11. The molecule has 0 atom stereocenters. The standard InChI is InChI=1S/C11H13NO4/c1-12(2)7-9(13)10-5-3-8(16-10)4-6-11(14)15/h3-6H,7H2,1-2H3,(H,14,15)/b6-4+. The van der Waals surface area contributed by atoms with Crippen LogP contribution in [0.15, 0.2) is 22.6 Å². The molecule has 0 fully saturated rings. The minimum absolute atomic E-state index is 0.139. The average molecular weight is 223 g/mol. The Kier molecular flexibility index (Phi) is 4.02. The van der Waals surface area contributed by atoms with Gasteiger partial charge in [-0.25, -0.2) is 4.79 Å². The van der Waals surface area contributed by atoms with Gasteiger partial charge in [-0.05, 0) is 32.3 Å². The predicted molar refractivity (Wildman–Crippen MR) is 58.3 cm³/mol. The number of hydrogen-bond donors (Lipinski definition) is 1. The Morgan fingerprint density at radius 1 is 1.44 bits per heavy atom. The van der Waals surface area contributed by atoms with Crippen LogP contribution in [0.25, 0.3) is 6.08 Å². The molecule has 1 N–H and O–H groups in total. The molecule has 1 aromatic heterocycles. The first kappa shape index (κ1) is 12.2. The fraction of sp³-hybridized carbons (Fsp3) is 0.273. The summed E-state index contributed by atoms with van der Waals surface area (Å²) >= 11 is 0. The van der Waals surface area contributed by atoms with Gasteiger partial charge in [0.15, 0.2) is 5.76 Å². The molecule has 5 nitrogen and oxygen atoms in total. The van der Waals surface area contributed by atoms with Crippen molar-refractivity contribution in [1.82, 2.24) is 4.90 Å². The van der Waals surface area contributed by atoms with Crippen LogP contribution < -0.4 is 0 Å². The van der Waals surface area contributed by atoms with E-state index in [9.17, 15) is 9.59 Å². The third kappa shape index (κ3) is 3.70. The second kappa shape index (κ2) is 5.27. The quantitative estimate of drug-likeness (QED) is 0.598. The second-order valence-corrected chi connectivity index (χ2v) is 3.53. The molecule has 0 spiro atoms. The first-order valence-electron chi connectivity index (χ1n) is 4.68. The number of ketones is 1. The number of carboxylic acids is 1. The lowest BCUT2D eigenvalue weighted by Gasteiger charge is -2.05. The molecule has 1 rings (SSSR count). The third-order valence-electron chi connectivity index (χ3n) is 1.75. The molecule has 1 heterocycles. The van der Waals surface area contributed by atoms with Crippen molar-refractivity contribution in [2.75, 3.05) is 20.6 Å². The number of Topliss-reactive ketones (excluding diaryl/α,β-unsaturated/α-hetero) is 1. The van der Waals surface area contributed by atoms with Crippen molar-refractivity contribution in [2.24, 2.45) is 0 Å². The van der Waals surface area contributed by atoms with Crippen LogP contribution in [0.3, 0.4) is 0 Å². The van der Waals surface area contributed by atoms with Crippen LogP contribution in [0.1, 0.15) is 16.3 Å². The third-order valence-corrected chi connectivity index (χ3v) is 1.75. The topological polar surface area (TPSA) is 70.8 Å². The highest BCUT2D eigenvalue weighted by atomic mass is 16.4. The Morgan fingerprint density at radius 3 is 2.69 bits per heavy atom. The van der Waals surface area contributed by atoms with Gasteiger partial charge in [-0.2, -0.15) is 0 Å². The van der Waals surface area contributed by atoms with Gasteiger partial charge in [0.05, 0.1) is 6.54 Å². The van der Waals surface area contributed by atoms with Crippen LogP contribution >= 0.6 is 0 Å². The summed E-state index contributed by atoms with van der Waals surface area (Å²) in [5.41, 5.74) is 0. The second-order valence-electron chi connectivity index (χ2n) is 3.53. The molecule has 0 aromatic carbocycles. The monoisotopic (exact) mass is 223 g/mol. The number of furan rings is 1. The first-order valence-corrected chi connectivity index (χ1v) is 4.68. The molecule has 0 radical (unpaired) electrons. The van der Waals surface area contributed by atoms with E-state index < -0.39 is 5.97 Å². The maximum Gasteiger partial charge on any atom is 0.328 e. The molecule has 1 aromatic rings. The van der Waals surface area contributed by atoms with Crippen LogP contribution in [0.2, 0.25) is 0 Å². The van der Waals surface area contributed by atoms with Crippen LogP contribution in [0.5, 0.6) is 0 Å². The minimum Gasteiger partial charge on any atom is -0.478 e. The maximum atomic E-state index is 11.5. The van der Waals surface area contributed by atoms with E-state index in [4.69, 9.17) is 9.52 Å². The summed E-state index contributed by atoms with van der Waals surface area (Å²) < 4.78 is 5.17. The van der Waals surface area contributed by atoms with Gasteiger partial charge in [-0.3, -0.25) is 4.79 Å². The Balaban J connectivity index is 2.71. The fourth-order valence-electron chi connectivity index (χ4n) is 1.11. The summed E-state index contributed by atoms with van der Waals surface area (Å²) in [5, 5.41) is 8.41. The van der Waals surface area contributed by atoms with Gasteiger partial charge in [-0.1, -0.05) is 0 Å². The van der Waals surface area contributed by atoms with Gasteiger partial charge in [0.2, 0.25) is 5.78 Å². The Morgan fingerprint density at radius 2 is 2.12 bits per heavy atom. The number of rotatable bonds is 5. The van der Waals surface area contributed by atoms with Crippen molar-refractivity contribution in [1.29, 1.82) is 0 Å². The lowest BCUT2D eigenvalue weighted by atomic mass is 10.3. The molecular weight excluding hydrogens is 210 g/mol. The number of nitrogens with zero attached hydrogens (tertiary/aromatic N) is 1. The van der Waals surface area contributed by atoms with Crippen LogP contribution in [-0.4, -0.2) is 42.4 Å². The molecular formula is C11H13NO4. The maximum absolute atomic E-state index is 11.5. The Labute approximate surface area is 93.0 Å². The number of likely N-dealkylation sites (N-methyl/N-ethyl adjacent to an activating group) is 1. The van der Waals surface area contributed by atoms with Crippen molar-refractivity contribution in [3.05, 3.63) is 29.7 Å². The molecule has 16 heavy (non-hydrogen) atoms. The van der Waals surface area contributed by atoms with Gasteiger partial charge in [-0.15, -0.1) is 0 Å². The van der Waals surface area contributed by atoms with Crippen molar-refractivity contribution < 1.29 is 19.1 Å². The van der Waals surface area contributed by atoms with E-state index in [1.54, 1.807) is 25.1 Å². The largest absolute Gasteiger partial charge is 0.478 e. The highest BCUT2D eigenvalue weighted by Crippen LogP contribution is 2.10. The summed E-state index contributed by atoms with van der Waals surface area (Å²) in [5.74, 6) is -0.610. The molecule has 5 heteroatoms. The van der Waals surface area contributed by atoms with E-state index in [1.807, 2.05) is 0 Å². The van der Waals surface area contributed by atoms with E-state index in [0.29, 0.717) is 5.76 Å². The summed E-state index contributed by atoms with van der Waals surface area (Å²) in [4.78, 5) is 23.5. The van der Waals surface area contributed by atoms with Crippen LogP contribution in [0, 0.1) is 0 Å². The van der Waals surface area contributed by atoms with E-state index in [0.717, 1.165) is 6.08 Å². The first-order chi connectivity index (χ1) is 7.49. The SMILES string of the molecule is CN(C)CC(=O)c1ccc(/C=C/C(=O)O)o1. The molecule has 0 aliphatic rings. The van der Waals surface area contributed by atoms with Crippen molar-refractivity contribution >= 4 is 17.8 Å². The van der Waals surface area contributed by atoms with Crippen molar-refractivity contribution in [2.45, 2.75) is 0 Å². The predicted octanol–water partition coefficient (Wildman–Crippen LogP) is 1.12. The molecule has 0 unspecified atom stereocenters. The Hall–Kier alpha value is -1.88. The zero-order valence-electron chi connectivity index (χ0n) is 9.14. The number of carboxylic acid groups (broad SMARTS) is 1. The van der Waals surface area contributed by atoms with Crippen LogP contribution in [-0.2, 0) is 4.79 Å².